The highest BCUT2D eigenvalue weighted by Crippen LogP contribution is 2.28. The molecule has 0 atom stereocenters. The molecule has 0 bridgehead atoms. The van der Waals surface area contributed by atoms with Crippen molar-refractivity contribution in [2.45, 2.75) is 6.92 Å². The molecule has 0 amide bonds. The van der Waals surface area contributed by atoms with Crippen LogP contribution >= 0.6 is 15.9 Å². The molecule has 4 heteroatoms. The van der Waals surface area contributed by atoms with E-state index in [1.54, 1.807) is 6.07 Å². The third kappa shape index (κ3) is 2.65. The third-order valence-electron chi connectivity index (χ3n) is 2.92. The average molecular weight is 332 g/mol. The number of aromatic nitrogens is 1. The van der Waals surface area contributed by atoms with Crippen molar-refractivity contribution in [1.29, 1.82) is 0 Å². The second-order valence-electron chi connectivity index (χ2n) is 4.51. The predicted octanol–water partition coefficient (Wildman–Crippen LogP) is 5.24. The molecule has 0 aliphatic heterocycles. The summed E-state index contributed by atoms with van der Waals surface area (Å²) in [4.78, 5) is 4.47. The molecule has 0 spiro atoms. The van der Waals surface area contributed by atoms with Gasteiger partial charge in [-0.15, -0.1) is 0 Å². The smallest absolute Gasteiger partial charge is 0.222 e. The van der Waals surface area contributed by atoms with Crippen molar-refractivity contribution in [2.75, 3.05) is 0 Å². The summed E-state index contributed by atoms with van der Waals surface area (Å²) in [6, 6.07) is 14.2. The van der Waals surface area contributed by atoms with Crippen molar-refractivity contribution in [3.63, 3.8) is 0 Å². The monoisotopic (exact) mass is 331 g/mol. The first kappa shape index (κ1) is 13.1. The van der Waals surface area contributed by atoms with Crippen LogP contribution in [0.4, 0.5) is 4.39 Å². The fourth-order valence-corrected chi connectivity index (χ4v) is 2.45. The van der Waals surface area contributed by atoms with Gasteiger partial charge in [0, 0.05) is 21.5 Å². The summed E-state index contributed by atoms with van der Waals surface area (Å²) in [5.41, 5.74) is 1.76. The molecule has 0 radical (unpaired) electrons. The molecule has 0 unspecified atom stereocenters. The van der Waals surface area contributed by atoms with Gasteiger partial charge in [0.15, 0.2) is 0 Å². The zero-order chi connectivity index (χ0) is 14.1. The maximum Gasteiger partial charge on any atom is 0.222 e. The molecule has 2 nitrogen and oxygen atoms in total. The summed E-state index contributed by atoms with van der Waals surface area (Å²) in [6.07, 6.45) is 0. The van der Waals surface area contributed by atoms with E-state index >= 15 is 0 Å². The van der Waals surface area contributed by atoms with E-state index < -0.39 is 0 Å². The van der Waals surface area contributed by atoms with Crippen molar-refractivity contribution in [3.05, 3.63) is 64.4 Å². The van der Waals surface area contributed by atoms with Gasteiger partial charge < -0.3 is 4.74 Å². The van der Waals surface area contributed by atoms with Gasteiger partial charge in [0.25, 0.3) is 0 Å². The lowest BCUT2D eigenvalue weighted by atomic mass is 10.2. The van der Waals surface area contributed by atoms with Gasteiger partial charge in [-0.05, 0) is 31.2 Å². The van der Waals surface area contributed by atoms with Crippen LogP contribution in [0.3, 0.4) is 0 Å². The van der Waals surface area contributed by atoms with Gasteiger partial charge in [0.2, 0.25) is 5.88 Å². The van der Waals surface area contributed by atoms with Gasteiger partial charge >= 0.3 is 0 Å². The molecule has 1 aromatic heterocycles. The minimum atomic E-state index is -0.354. The Bertz CT molecular complexity index is 768. The average Bonchev–Trinajstić information content (AvgIpc) is 2.38. The highest BCUT2D eigenvalue weighted by Gasteiger charge is 2.07. The van der Waals surface area contributed by atoms with E-state index in [0.29, 0.717) is 16.1 Å². The number of ether oxygens (including phenoxy) is 1. The van der Waals surface area contributed by atoms with Gasteiger partial charge in [0.05, 0.1) is 5.52 Å². The van der Waals surface area contributed by atoms with Crippen LogP contribution in [0.2, 0.25) is 0 Å². The second kappa shape index (κ2) is 5.21. The molecule has 0 aliphatic rings. The maximum atomic E-state index is 13.4. The molecule has 2 aromatic carbocycles. The van der Waals surface area contributed by atoms with Gasteiger partial charge in [0.1, 0.15) is 11.6 Å². The lowest BCUT2D eigenvalue weighted by Crippen LogP contribution is -1.93. The molecule has 100 valence electrons. The molecule has 0 N–H and O–H groups in total. The highest BCUT2D eigenvalue weighted by atomic mass is 79.9. The van der Waals surface area contributed by atoms with Gasteiger partial charge in [-0.2, -0.15) is 0 Å². The van der Waals surface area contributed by atoms with E-state index in [0.717, 1.165) is 16.5 Å². The summed E-state index contributed by atoms with van der Waals surface area (Å²) < 4.78 is 19.7. The first-order valence-electron chi connectivity index (χ1n) is 6.12. The number of nitrogens with zero attached hydrogens (tertiary/aromatic N) is 1. The Morgan fingerprint density at radius 2 is 1.90 bits per heavy atom. The minimum Gasteiger partial charge on any atom is -0.439 e. The topological polar surface area (TPSA) is 22.1 Å². The summed E-state index contributed by atoms with van der Waals surface area (Å²) in [5, 5.41) is 1.05. The first-order valence-corrected chi connectivity index (χ1v) is 6.91. The van der Waals surface area contributed by atoms with Crippen molar-refractivity contribution in [2.24, 2.45) is 0 Å². The van der Waals surface area contributed by atoms with Crippen LogP contribution in [-0.2, 0) is 0 Å². The van der Waals surface area contributed by atoms with E-state index in [-0.39, 0.29) is 5.82 Å². The van der Waals surface area contributed by atoms with Crippen molar-refractivity contribution in [1.82, 2.24) is 4.98 Å². The second-order valence-corrected chi connectivity index (χ2v) is 5.43. The lowest BCUT2D eigenvalue weighted by Gasteiger charge is -2.09. The van der Waals surface area contributed by atoms with E-state index in [4.69, 9.17) is 4.74 Å². The van der Waals surface area contributed by atoms with E-state index in [2.05, 4.69) is 20.9 Å². The maximum absolute atomic E-state index is 13.4. The standard InChI is InChI=1S/C16H11BrFNO/c1-10-6-11-4-2-3-5-15(11)19-16(10)20-14-8-12(17)7-13(18)9-14/h2-9H,1H3. The quantitative estimate of drug-likeness (QED) is 0.640. The van der Waals surface area contributed by atoms with Crippen LogP contribution in [0.25, 0.3) is 10.9 Å². The van der Waals surface area contributed by atoms with Crippen LogP contribution in [-0.4, -0.2) is 4.98 Å². The third-order valence-corrected chi connectivity index (χ3v) is 3.38. The molecule has 0 saturated carbocycles. The van der Waals surface area contributed by atoms with Crippen molar-refractivity contribution < 1.29 is 9.13 Å². The van der Waals surface area contributed by atoms with Crippen LogP contribution in [0.15, 0.2) is 53.0 Å². The molecule has 0 aliphatic carbocycles. The Balaban J connectivity index is 2.03. The summed E-state index contributed by atoms with van der Waals surface area (Å²) >= 11 is 3.24. The zero-order valence-electron chi connectivity index (χ0n) is 10.7. The van der Waals surface area contributed by atoms with Gasteiger partial charge in [-0.3, -0.25) is 0 Å². The van der Waals surface area contributed by atoms with Crippen molar-refractivity contribution in [3.8, 4) is 11.6 Å². The normalized spacial score (nSPS) is 10.8. The summed E-state index contributed by atoms with van der Waals surface area (Å²) in [7, 11) is 0. The number of fused-ring (bicyclic) bond motifs is 1. The van der Waals surface area contributed by atoms with Crippen LogP contribution in [0.1, 0.15) is 5.56 Å². The van der Waals surface area contributed by atoms with Crippen LogP contribution < -0.4 is 4.74 Å². The number of hydrogen-bond donors (Lipinski definition) is 0. The Morgan fingerprint density at radius 1 is 1.10 bits per heavy atom. The first-order chi connectivity index (χ1) is 9.61. The Kier molecular flexibility index (Phi) is 3.40. The largest absolute Gasteiger partial charge is 0.439 e. The fourth-order valence-electron chi connectivity index (χ4n) is 2.01. The molecular formula is C16H11BrFNO. The molecule has 3 aromatic rings. The van der Waals surface area contributed by atoms with E-state index in [1.807, 2.05) is 37.3 Å². The number of pyridine rings is 1. The van der Waals surface area contributed by atoms with Gasteiger partial charge in [-0.25, -0.2) is 9.37 Å². The number of hydrogen-bond acceptors (Lipinski definition) is 2. The molecule has 20 heavy (non-hydrogen) atoms. The van der Waals surface area contributed by atoms with Crippen LogP contribution in [0.5, 0.6) is 11.6 Å². The van der Waals surface area contributed by atoms with Crippen LogP contribution in [0, 0.1) is 12.7 Å². The Hall–Kier alpha value is -1.94. The number of halogens is 2. The molecule has 3 rings (SSSR count). The van der Waals surface area contributed by atoms with Gasteiger partial charge in [-0.1, -0.05) is 34.1 Å². The number of aryl methyl sites for hydroxylation is 1. The minimum absolute atomic E-state index is 0.354. The Labute approximate surface area is 124 Å². The van der Waals surface area contributed by atoms with E-state index in [9.17, 15) is 4.39 Å². The number of para-hydroxylation sites is 1. The molecule has 0 fully saturated rings. The molecule has 1 heterocycles. The molecule has 0 saturated heterocycles. The van der Waals surface area contributed by atoms with E-state index in [1.165, 1.54) is 12.1 Å². The zero-order valence-corrected chi connectivity index (χ0v) is 12.3. The summed E-state index contributed by atoms with van der Waals surface area (Å²) in [6.45, 7) is 1.92. The highest BCUT2D eigenvalue weighted by molar-refractivity contribution is 9.10. The predicted molar refractivity (Wildman–Crippen MR) is 80.7 cm³/mol. The van der Waals surface area contributed by atoms with Crippen molar-refractivity contribution >= 4 is 26.8 Å². The number of rotatable bonds is 2. The number of benzene rings is 2. The lowest BCUT2D eigenvalue weighted by molar-refractivity contribution is 0.456. The SMILES string of the molecule is Cc1cc2ccccc2nc1Oc1cc(F)cc(Br)c1. The summed E-state index contributed by atoms with van der Waals surface area (Å²) in [5.74, 6) is 0.553. The fraction of sp³-hybridized carbons (Fsp3) is 0.0625. The Morgan fingerprint density at radius 3 is 2.70 bits per heavy atom. The molecular weight excluding hydrogens is 321 g/mol.